The summed E-state index contributed by atoms with van der Waals surface area (Å²) in [6.45, 7) is 2.75. The van der Waals surface area contributed by atoms with E-state index in [0.29, 0.717) is 19.5 Å². The average Bonchev–Trinajstić information content (AvgIpc) is 3.05. The van der Waals surface area contributed by atoms with Crippen LogP contribution < -0.4 is 5.32 Å². The number of furan rings is 1. The Balaban J connectivity index is 1.81. The molecule has 0 saturated heterocycles. The monoisotopic (exact) mass is 294 g/mol. The topological polar surface area (TPSA) is 82.8 Å². The molecule has 6 heteroatoms. The van der Waals surface area contributed by atoms with E-state index in [-0.39, 0.29) is 17.9 Å². The summed E-state index contributed by atoms with van der Waals surface area (Å²) in [7, 11) is 1.71. The van der Waals surface area contributed by atoms with Crippen LogP contribution in [-0.2, 0) is 11.3 Å². The lowest BCUT2D eigenvalue weighted by Crippen LogP contribution is -2.40. The summed E-state index contributed by atoms with van der Waals surface area (Å²) >= 11 is 0. The summed E-state index contributed by atoms with van der Waals surface area (Å²) in [4.78, 5) is 24.7. The van der Waals surface area contributed by atoms with Crippen LogP contribution in [0.4, 0.5) is 4.79 Å². The second kappa shape index (κ2) is 6.65. The highest BCUT2D eigenvalue weighted by Gasteiger charge is 2.33. The highest BCUT2D eigenvalue weighted by molar-refractivity contribution is 5.74. The number of nitrogens with zero attached hydrogens (tertiary/aromatic N) is 1. The molecule has 2 N–H and O–H groups in total. The minimum Gasteiger partial charge on any atom is -0.481 e. The molecule has 21 heavy (non-hydrogen) atoms. The molecular weight excluding hydrogens is 272 g/mol. The van der Waals surface area contributed by atoms with Crippen molar-refractivity contribution in [1.82, 2.24) is 10.2 Å². The summed E-state index contributed by atoms with van der Waals surface area (Å²) in [6.07, 6.45) is 4.09. The average molecular weight is 294 g/mol. The molecule has 1 aliphatic rings. The van der Waals surface area contributed by atoms with Crippen molar-refractivity contribution < 1.29 is 19.1 Å². The number of hydrogen-bond acceptors (Lipinski definition) is 3. The van der Waals surface area contributed by atoms with E-state index in [0.717, 1.165) is 24.2 Å². The fourth-order valence-corrected chi connectivity index (χ4v) is 2.86. The maximum atomic E-state index is 12.1. The molecule has 0 bridgehead atoms. The van der Waals surface area contributed by atoms with Gasteiger partial charge in [-0.1, -0.05) is 6.42 Å². The third-order valence-corrected chi connectivity index (χ3v) is 4.21. The molecule has 2 rings (SSSR count). The smallest absolute Gasteiger partial charge is 0.317 e. The Morgan fingerprint density at radius 1 is 1.48 bits per heavy atom. The van der Waals surface area contributed by atoms with Gasteiger partial charge in [0.05, 0.1) is 18.7 Å². The molecule has 1 saturated carbocycles. The highest BCUT2D eigenvalue weighted by Crippen LogP contribution is 2.31. The van der Waals surface area contributed by atoms with Gasteiger partial charge < -0.3 is 19.7 Å². The Bertz CT molecular complexity index is 512. The fourth-order valence-electron chi connectivity index (χ4n) is 2.86. The van der Waals surface area contributed by atoms with Crippen molar-refractivity contribution >= 4 is 12.0 Å². The fraction of sp³-hybridized carbons (Fsp3) is 0.600. The third-order valence-electron chi connectivity index (χ3n) is 4.21. The van der Waals surface area contributed by atoms with Crippen LogP contribution in [0.2, 0.25) is 0 Å². The maximum Gasteiger partial charge on any atom is 0.317 e. The maximum absolute atomic E-state index is 12.1. The van der Waals surface area contributed by atoms with Gasteiger partial charge in [0.2, 0.25) is 0 Å². The van der Waals surface area contributed by atoms with E-state index in [1.165, 1.54) is 0 Å². The van der Waals surface area contributed by atoms with Gasteiger partial charge in [-0.2, -0.15) is 0 Å². The third kappa shape index (κ3) is 3.77. The number of carboxylic acids is 1. The van der Waals surface area contributed by atoms with Gasteiger partial charge in [0.25, 0.3) is 0 Å². The molecule has 2 atom stereocenters. The highest BCUT2D eigenvalue weighted by atomic mass is 16.4. The van der Waals surface area contributed by atoms with Gasteiger partial charge in [0.1, 0.15) is 5.76 Å². The molecule has 0 radical (unpaired) electrons. The number of carbonyl (C=O) groups is 2. The zero-order valence-corrected chi connectivity index (χ0v) is 12.5. The molecule has 1 aliphatic carbocycles. The van der Waals surface area contributed by atoms with E-state index in [2.05, 4.69) is 5.32 Å². The second-order valence-electron chi connectivity index (χ2n) is 5.68. The van der Waals surface area contributed by atoms with E-state index >= 15 is 0 Å². The summed E-state index contributed by atoms with van der Waals surface area (Å²) in [5.41, 5.74) is 0.969. The number of carboxylic acid groups (broad SMARTS) is 1. The molecule has 0 aliphatic heterocycles. The number of amides is 2. The van der Waals surface area contributed by atoms with Crippen LogP contribution in [0.25, 0.3) is 0 Å². The number of aliphatic carboxylic acids is 1. The molecule has 1 aromatic rings. The van der Waals surface area contributed by atoms with Gasteiger partial charge in [0, 0.05) is 19.2 Å². The van der Waals surface area contributed by atoms with Crippen molar-refractivity contribution in [3.05, 3.63) is 23.7 Å². The summed E-state index contributed by atoms with van der Waals surface area (Å²) in [5, 5.41) is 12.0. The molecule has 2 unspecified atom stereocenters. The minimum absolute atomic E-state index is 0.0375. The summed E-state index contributed by atoms with van der Waals surface area (Å²) < 4.78 is 5.20. The summed E-state index contributed by atoms with van der Waals surface area (Å²) in [5.74, 6) is -0.243. The van der Waals surface area contributed by atoms with Gasteiger partial charge in [-0.3, -0.25) is 4.79 Å². The van der Waals surface area contributed by atoms with Crippen molar-refractivity contribution in [3.63, 3.8) is 0 Å². The first-order chi connectivity index (χ1) is 9.99. The SMILES string of the molecule is Cc1occc1CN(C)C(=O)NCC1CCCC1C(=O)O. The predicted octanol–water partition coefficient (Wildman–Crippen LogP) is 2.23. The summed E-state index contributed by atoms with van der Waals surface area (Å²) in [6, 6.07) is 1.66. The Hall–Kier alpha value is -1.98. The van der Waals surface area contributed by atoms with E-state index in [4.69, 9.17) is 9.52 Å². The van der Waals surface area contributed by atoms with Crippen molar-refractivity contribution in [3.8, 4) is 0 Å². The first-order valence-corrected chi connectivity index (χ1v) is 7.23. The Morgan fingerprint density at radius 2 is 2.24 bits per heavy atom. The molecule has 6 nitrogen and oxygen atoms in total. The molecule has 2 amide bonds. The number of rotatable bonds is 5. The first kappa shape index (κ1) is 15.4. The Labute approximate surface area is 124 Å². The number of carbonyl (C=O) groups excluding carboxylic acids is 1. The quantitative estimate of drug-likeness (QED) is 0.872. The van der Waals surface area contributed by atoms with Crippen LogP contribution in [-0.4, -0.2) is 35.6 Å². The molecule has 1 fully saturated rings. The first-order valence-electron chi connectivity index (χ1n) is 7.23. The van der Waals surface area contributed by atoms with E-state index < -0.39 is 5.97 Å². The van der Waals surface area contributed by atoms with Gasteiger partial charge in [-0.25, -0.2) is 4.79 Å². The van der Waals surface area contributed by atoms with Crippen LogP contribution in [0.1, 0.15) is 30.6 Å². The number of urea groups is 1. The zero-order valence-electron chi connectivity index (χ0n) is 12.5. The number of hydrogen-bond donors (Lipinski definition) is 2. The van der Waals surface area contributed by atoms with Crippen LogP contribution in [0.15, 0.2) is 16.7 Å². The van der Waals surface area contributed by atoms with E-state index in [1.807, 2.05) is 13.0 Å². The van der Waals surface area contributed by atoms with Crippen molar-refractivity contribution in [2.75, 3.05) is 13.6 Å². The zero-order chi connectivity index (χ0) is 15.4. The van der Waals surface area contributed by atoms with Crippen molar-refractivity contribution in [1.29, 1.82) is 0 Å². The van der Waals surface area contributed by atoms with Gasteiger partial charge in [-0.05, 0) is 31.7 Å². The lowest BCUT2D eigenvalue weighted by atomic mass is 9.96. The predicted molar refractivity (Wildman–Crippen MR) is 76.8 cm³/mol. The molecule has 0 aromatic carbocycles. The molecule has 0 spiro atoms. The molecule has 1 aromatic heterocycles. The van der Waals surface area contributed by atoms with Crippen LogP contribution in [0, 0.1) is 18.8 Å². The second-order valence-corrected chi connectivity index (χ2v) is 5.68. The lowest BCUT2D eigenvalue weighted by molar-refractivity contribution is -0.142. The standard InChI is InChI=1S/C15H22N2O4/c1-10-12(6-7-21-10)9-17(2)15(20)16-8-11-4-3-5-13(11)14(18)19/h6-7,11,13H,3-5,8-9H2,1-2H3,(H,16,20)(H,18,19). The van der Waals surface area contributed by atoms with E-state index in [9.17, 15) is 9.59 Å². The lowest BCUT2D eigenvalue weighted by Gasteiger charge is -2.21. The molecule has 116 valence electrons. The van der Waals surface area contributed by atoms with Crippen molar-refractivity contribution in [2.45, 2.75) is 32.7 Å². The van der Waals surface area contributed by atoms with Gasteiger partial charge in [0.15, 0.2) is 0 Å². The van der Waals surface area contributed by atoms with Crippen molar-refractivity contribution in [2.24, 2.45) is 11.8 Å². The number of aryl methyl sites for hydroxylation is 1. The Kier molecular flexibility index (Phi) is 4.88. The molecule has 1 heterocycles. The van der Waals surface area contributed by atoms with Crippen LogP contribution in [0.3, 0.4) is 0 Å². The normalized spacial score (nSPS) is 21.2. The number of nitrogens with one attached hydrogen (secondary N) is 1. The minimum atomic E-state index is -0.755. The van der Waals surface area contributed by atoms with Gasteiger partial charge in [-0.15, -0.1) is 0 Å². The Morgan fingerprint density at radius 3 is 2.86 bits per heavy atom. The van der Waals surface area contributed by atoms with Crippen LogP contribution in [0.5, 0.6) is 0 Å². The largest absolute Gasteiger partial charge is 0.481 e. The van der Waals surface area contributed by atoms with Crippen LogP contribution >= 0.6 is 0 Å². The molecular formula is C15H22N2O4. The van der Waals surface area contributed by atoms with Gasteiger partial charge >= 0.3 is 12.0 Å². The van der Waals surface area contributed by atoms with E-state index in [1.54, 1.807) is 18.2 Å².